The van der Waals surface area contributed by atoms with Gasteiger partial charge in [0.15, 0.2) is 11.2 Å². The first-order chi connectivity index (χ1) is 6.54. The van der Waals surface area contributed by atoms with Gasteiger partial charge in [0.25, 0.3) is 5.56 Å². The lowest BCUT2D eigenvalue weighted by Gasteiger charge is -2.02. The molecule has 0 aromatic carbocycles. The Morgan fingerprint density at radius 3 is 2.43 bits per heavy atom. The smallest absolute Gasteiger partial charge is 0.328 e. The Morgan fingerprint density at radius 2 is 1.79 bits per heavy atom. The highest BCUT2D eigenvalue weighted by atomic mass is 16.3. The third-order valence-electron chi connectivity index (χ3n) is 2.32. The van der Waals surface area contributed by atoms with Crippen LogP contribution in [0.4, 0.5) is 0 Å². The molecule has 74 valence electrons. The molecule has 0 saturated heterocycles. The lowest BCUT2D eigenvalue weighted by Crippen LogP contribution is -2.37. The Morgan fingerprint density at radius 1 is 1.14 bits per heavy atom. The summed E-state index contributed by atoms with van der Waals surface area (Å²) < 4.78 is 4.04. The predicted molar refractivity (Wildman–Crippen MR) is 51.2 cm³/mol. The summed E-state index contributed by atoms with van der Waals surface area (Å²) in [4.78, 5) is 27.2. The van der Waals surface area contributed by atoms with Crippen LogP contribution in [-0.4, -0.2) is 18.7 Å². The largest absolute Gasteiger partial charge is 0.332 e. The van der Waals surface area contributed by atoms with E-state index in [0.29, 0.717) is 11.2 Å². The van der Waals surface area contributed by atoms with Gasteiger partial charge in [-0.05, 0) is 0 Å². The van der Waals surface area contributed by atoms with Gasteiger partial charge in [0.2, 0.25) is 0 Å². The number of aryl methyl sites for hydroxylation is 2. The maximum absolute atomic E-state index is 11.7. The molecule has 2 aromatic rings. The van der Waals surface area contributed by atoms with E-state index >= 15 is 0 Å². The third-order valence-corrected chi connectivity index (χ3v) is 2.32. The monoisotopic (exact) mass is 197 g/mol. The predicted octanol–water partition coefficient (Wildman–Crippen LogP) is -1.03. The summed E-state index contributed by atoms with van der Waals surface area (Å²) in [5.74, 6) is 0. The summed E-state index contributed by atoms with van der Waals surface area (Å²) in [6.07, 6.45) is 1.52. The Hall–Kier alpha value is -1.85. The number of hydrogen-bond donors (Lipinski definition) is 0. The van der Waals surface area contributed by atoms with Crippen LogP contribution in [0.3, 0.4) is 0 Å². The Balaban J connectivity index is 3.22. The molecule has 0 atom stereocenters. The molecule has 2 aromatic heterocycles. The maximum Gasteiger partial charge on any atom is 0.332 e. The van der Waals surface area contributed by atoms with E-state index in [1.54, 1.807) is 18.7 Å². The van der Waals surface area contributed by atoms with Crippen molar-refractivity contribution in [2.75, 3.05) is 0 Å². The summed E-state index contributed by atoms with van der Waals surface area (Å²) in [6.45, 7) is 0. The van der Waals surface area contributed by atoms with E-state index in [9.17, 15) is 9.59 Å². The summed E-state index contributed by atoms with van der Waals surface area (Å²) in [7, 11) is 4.77. The molecular weight excluding hydrogens is 187 g/mol. The first kappa shape index (κ1) is 8.74. The van der Waals surface area contributed by atoms with Crippen LogP contribution in [0.1, 0.15) is 0 Å². The Kier molecular flexibility index (Phi) is 1.60. The van der Waals surface area contributed by atoms with Gasteiger partial charge in [-0.15, -0.1) is 0 Å². The minimum absolute atomic E-state index is 0.317. The number of rotatable bonds is 0. The fourth-order valence-electron chi connectivity index (χ4n) is 1.47. The van der Waals surface area contributed by atoms with Crippen molar-refractivity contribution < 1.29 is 0 Å². The SMILES string of the molecule is Cn1cnc2c1c(=O)[15n](C)[13c](=O)[15n]2C. The highest BCUT2D eigenvalue weighted by Crippen LogP contribution is 2.01. The third kappa shape index (κ3) is 0.876. The van der Waals surface area contributed by atoms with Crippen molar-refractivity contribution in [1.82, 2.24) is 18.7 Å². The van der Waals surface area contributed by atoms with Gasteiger partial charge in [0.1, 0.15) is 0 Å². The van der Waals surface area contributed by atoms with Gasteiger partial charge in [0.05, 0.1) is 6.33 Å². The van der Waals surface area contributed by atoms with Crippen molar-refractivity contribution in [2.45, 2.75) is 0 Å². The van der Waals surface area contributed by atoms with Gasteiger partial charge >= 0.3 is 5.69 Å². The number of imidazole rings is 1. The lowest BCUT2D eigenvalue weighted by molar-refractivity contribution is 0.705. The maximum atomic E-state index is 11.7. The van der Waals surface area contributed by atoms with E-state index in [0.717, 1.165) is 4.57 Å². The van der Waals surface area contributed by atoms with Crippen molar-refractivity contribution in [3.05, 3.63) is 27.2 Å². The average molecular weight is 197 g/mol. The molecule has 14 heavy (non-hydrogen) atoms. The van der Waals surface area contributed by atoms with Crippen molar-refractivity contribution in [2.24, 2.45) is 21.1 Å². The summed E-state index contributed by atoms with van der Waals surface area (Å²) in [6, 6.07) is 0. The fourth-order valence-corrected chi connectivity index (χ4v) is 1.47. The minimum atomic E-state index is -0.360. The Labute approximate surface area is 79.0 Å². The second kappa shape index (κ2) is 2.57. The molecule has 0 fully saturated rings. The molecule has 2 heterocycles. The van der Waals surface area contributed by atoms with Crippen LogP contribution in [-0.2, 0) is 21.1 Å². The first-order valence-corrected chi connectivity index (χ1v) is 4.11. The van der Waals surface area contributed by atoms with Crippen LogP contribution in [0.5, 0.6) is 0 Å². The zero-order valence-electron chi connectivity index (χ0n) is 8.18. The van der Waals surface area contributed by atoms with E-state index in [-0.39, 0.29) is 11.2 Å². The van der Waals surface area contributed by atoms with Crippen LogP contribution < -0.4 is 11.2 Å². The van der Waals surface area contributed by atoms with Crippen LogP contribution in [0, 0.1) is 0 Å². The van der Waals surface area contributed by atoms with E-state index in [1.807, 2.05) is 0 Å². The van der Waals surface area contributed by atoms with E-state index in [2.05, 4.69) is 4.98 Å². The van der Waals surface area contributed by atoms with Crippen LogP contribution in [0.2, 0.25) is 0 Å². The summed E-state index contributed by atoms with van der Waals surface area (Å²) >= 11 is 0. The number of nitrogens with zero attached hydrogens (tertiary/aromatic N) is 4. The molecule has 6 heteroatoms. The van der Waals surface area contributed by atoms with Gasteiger partial charge in [0, 0.05) is 21.1 Å². The quantitative estimate of drug-likeness (QED) is 0.542. The normalized spacial score (nSPS) is 11.1. The zero-order valence-corrected chi connectivity index (χ0v) is 8.18. The molecule has 0 aliphatic rings. The van der Waals surface area contributed by atoms with E-state index in [4.69, 9.17) is 0 Å². The van der Waals surface area contributed by atoms with Gasteiger partial charge in [-0.1, -0.05) is 0 Å². The molecule has 0 bridgehead atoms. The molecule has 0 unspecified atom stereocenters. The van der Waals surface area contributed by atoms with Crippen molar-refractivity contribution >= 4 is 11.2 Å². The molecule has 6 nitrogen and oxygen atoms in total. The molecule has 0 aliphatic heterocycles. The highest BCUT2D eigenvalue weighted by Gasteiger charge is 2.11. The van der Waals surface area contributed by atoms with Crippen LogP contribution >= 0.6 is 0 Å². The zero-order chi connectivity index (χ0) is 10.5. The topological polar surface area (TPSA) is 61.8 Å². The van der Waals surface area contributed by atoms with E-state index < -0.39 is 0 Å². The molecule has 0 amide bonds. The molecule has 0 radical (unpaired) electrons. The molecular formula is C8H10N4O2. The van der Waals surface area contributed by atoms with E-state index in [1.165, 1.54) is 17.9 Å². The average Bonchev–Trinajstić information content (AvgIpc) is 2.54. The van der Waals surface area contributed by atoms with Crippen LogP contribution in [0.15, 0.2) is 15.9 Å². The highest BCUT2D eigenvalue weighted by molar-refractivity contribution is 5.69. The first-order valence-electron chi connectivity index (χ1n) is 4.11. The molecule has 2 rings (SSSR count). The van der Waals surface area contributed by atoms with Gasteiger partial charge in [-0.2, -0.15) is 0 Å². The molecule has 0 saturated carbocycles. The van der Waals surface area contributed by atoms with Gasteiger partial charge in [-0.25, -0.2) is 9.78 Å². The van der Waals surface area contributed by atoms with Gasteiger partial charge in [-0.3, -0.25) is 13.9 Å². The fraction of sp³-hybridized carbons (Fsp3) is 0.375. The molecule has 0 N–H and O–H groups in total. The van der Waals surface area contributed by atoms with Crippen LogP contribution in [0.25, 0.3) is 11.2 Å². The number of hydrogen-bond acceptors (Lipinski definition) is 3. The van der Waals surface area contributed by atoms with Crippen molar-refractivity contribution in [3.8, 4) is 0 Å². The number of fused-ring (bicyclic) bond motifs is 1. The van der Waals surface area contributed by atoms with Gasteiger partial charge < -0.3 is 4.57 Å². The Bertz CT molecular complexity index is 617. The summed E-state index contributed by atoms with van der Waals surface area (Å²) in [5.41, 5.74) is 0.180. The minimum Gasteiger partial charge on any atom is -0.328 e. The molecule has 0 spiro atoms. The standard InChI is InChI=1S/C8H10N4O2/c1-10-4-9-6-5(10)7(13)12(3)8(14)11(6)2/h4H,1-3H3/i8+1,11+1,12+1. The number of aromatic nitrogens is 4. The second-order valence-corrected chi connectivity index (χ2v) is 3.23. The molecule has 0 aliphatic carbocycles. The van der Waals surface area contributed by atoms with Crippen molar-refractivity contribution in [1.29, 1.82) is 0 Å². The summed E-state index contributed by atoms with van der Waals surface area (Å²) in [5, 5.41) is 0. The lowest BCUT2D eigenvalue weighted by atomic mass is 10.6. The van der Waals surface area contributed by atoms with Crippen molar-refractivity contribution in [3.63, 3.8) is 0 Å². The second-order valence-electron chi connectivity index (χ2n) is 3.23.